The van der Waals surface area contributed by atoms with Crippen LogP contribution in [0.1, 0.15) is 65.9 Å². The largest absolute Gasteiger partial charge is 0.466 e. The Labute approximate surface area is 206 Å². The second kappa shape index (κ2) is 13.9. The number of anilines is 1. The van der Waals surface area contributed by atoms with Gasteiger partial charge in [0, 0.05) is 28.5 Å². The smallest absolute Gasteiger partial charge is 0.412 e. The number of carbonyl (C=O) groups is 2. The molecule has 0 bridgehead atoms. The van der Waals surface area contributed by atoms with Gasteiger partial charge in [-0.2, -0.15) is 0 Å². The van der Waals surface area contributed by atoms with Crippen molar-refractivity contribution in [1.82, 2.24) is 0 Å². The van der Waals surface area contributed by atoms with Crippen molar-refractivity contribution < 1.29 is 47.5 Å². The summed E-state index contributed by atoms with van der Waals surface area (Å²) >= 11 is 0. The number of nitrogens with one attached hydrogen (secondary N) is 1. The Morgan fingerprint density at radius 1 is 1.08 bits per heavy atom. The zero-order valence-corrected chi connectivity index (χ0v) is 20.8. The first-order valence-corrected chi connectivity index (χ1v) is 11.0. The summed E-state index contributed by atoms with van der Waals surface area (Å²) in [6, 6.07) is 5.75. The van der Waals surface area contributed by atoms with E-state index >= 15 is 0 Å². The van der Waals surface area contributed by atoms with Crippen molar-refractivity contribution in [1.29, 1.82) is 0 Å². The molecule has 0 fully saturated rings. The molecule has 0 radical (unpaired) electrons. The summed E-state index contributed by atoms with van der Waals surface area (Å²) in [5.41, 5.74) is 8.32. The molecule has 14 heteroatoms. The highest BCUT2D eigenvalue weighted by Gasteiger charge is 2.41. The second-order valence-corrected chi connectivity index (χ2v) is 9.57. The number of esters is 1. The Morgan fingerprint density at radius 3 is 2.25 bits per heavy atom. The predicted molar refractivity (Wildman–Crippen MR) is 121 cm³/mol. The van der Waals surface area contributed by atoms with Crippen LogP contribution in [0, 0.1) is 0 Å². The van der Waals surface area contributed by atoms with Crippen LogP contribution in [0.25, 0.3) is 10.4 Å². The minimum absolute atomic E-state index is 0.0516. The van der Waals surface area contributed by atoms with Gasteiger partial charge in [-0.15, -0.1) is 14.8 Å². The Morgan fingerprint density at radius 2 is 1.69 bits per heavy atom. The number of hydrogen-bond donors (Lipinski definition) is 1. The molecule has 202 valence electrons. The number of amides is 1. The molecule has 0 aromatic heterocycles. The van der Waals surface area contributed by atoms with Crippen LogP contribution in [0.5, 0.6) is 0 Å². The molecule has 0 heterocycles. The maximum Gasteiger partial charge on any atom is 0.412 e. The molecule has 0 saturated heterocycles. The highest BCUT2D eigenvalue weighted by atomic mass is 19.3. The molecule has 0 aliphatic rings. The lowest BCUT2D eigenvalue weighted by molar-refractivity contribution is -0.549. The van der Waals surface area contributed by atoms with Gasteiger partial charge in [0.05, 0.1) is 13.0 Å². The molecule has 1 N–H and O–H groups in total. The summed E-state index contributed by atoms with van der Waals surface area (Å²) in [6.07, 6.45) is -1.58. The highest BCUT2D eigenvalue weighted by Crippen LogP contribution is 2.33. The molecule has 1 atom stereocenters. The van der Waals surface area contributed by atoms with Crippen LogP contribution in [0.4, 0.5) is 24.1 Å². The molecule has 1 aromatic carbocycles. The van der Waals surface area contributed by atoms with Crippen molar-refractivity contribution in [3.63, 3.8) is 0 Å². The Balaban J connectivity index is 2.71. The number of ether oxygens (including phenoxy) is 2. The average Bonchev–Trinajstić information content (AvgIpc) is 2.79. The number of para-hydroxylation sites is 1. The zero-order chi connectivity index (χ0) is 27.4. The van der Waals surface area contributed by atoms with E-state index in [1.165, 1.54) is 0 Å². The van der Waals surface area contributed by atoms with E-state index in [1.54, 1.807) is 58.9 Å². The average molecular weight is 521 g/mol. The van der Waals surface area contributed by atoms with Gasteiger partial charge in [0.15, 0.2) is 0 Å². The molecular formula is C22H31F3N4O7. The Kier molecular flexibility index (Phi) is 11.9. The number of hydrogen-bond acceptors (Lipinski definition) is 8. The first kappa shape index (κ1) is 31.0. The fourth-order valence-corrected chi connectivity index (χ4v) is 3.30. The Hall–Kier alpha value is -3.06. The van der Waals surface area contributed by atoms with Crippen LogP contribution in [0.15, 0.2) is 29.4 Å². The van der Waals surface area contributed by atoms with E-state index in [2.05, 4.69) is 30.2 Å². The number of halogens is 3. The molecule has 0 aliphatic carbocycles. The second-order valence-electron chi connectivity index (χ2n) is 9.57. The quantitative estimate of drug-likeness (QED) is 0.0742. The van der Waals surface area contributed by atoms with E-state index in [0.29, 0.717) is 11.3 Å². The number of nitrogens with zero attached hydrogens (tertiary/aromatic N) is 3. The zero-order valence-electron chi connectivity index (χ0n) is 20.8. The molecule has 0 spiro atoms. The van der Waals surface area contributed by atoms with Crippen LogP contribution in [-0.4, -0.2) is 36.3 Å². The summed E-state index contributed by atoms with van der Waals surface area (Å²) in [4.78, 5) is 36.2. The fourth-order valence-electron chi connectivity index (χ4n) is 3.30. The molecule has 1 unspecified atom stereocenters. The lowest BCUT2D eigenvalue weighted by Gasteiger charge is -2.27. The SMILES string of the molecule is CC(C)(C)OC(=O)Nc1ccccc1C(C)(C)CC(=O)OCCCC(CC(OF)(OF)OF)N=[N+]=[N-]. The third-order valence-corrected chi connectivity index (χ3v) is 4.88. The van der Waals surface area contributed by atoms with Crippen LogP contribution in [-0.2, 0) is 34.5 Å². The summed E-state index contributed by atoms with van der Waals surface area (Å²) in [7, 11) is 0. The first-order valence-electron chi connectivity index (χ1n) is 11.0. The number of azide groups is 1. The molecule has 0 aliphatic heterocycles. The van der Waals surface area contributed by atoms with Crippen molar-refractivity contribution in [3.8, 4) is 0 Å². The standard InChI is InChI=1S/C22H31F3N4O7/c1-20(2,3)33-19(31)27-17-11-7-6-10-16(17)21(4,5)14-18(30)32-12-8-9-15(28-29-26)13-22(34-23,35-24)36-25/h6-7,10-11,15H,8-9,12-14H2,1-5H3,(H,27,31). The molecule has 0 saturated carbocycles. The van der Waals surface area contributed by atoms with Gasteiger partial charge in [0.25, 0.3) is 0 Å². The lowest BCUT2D eigenvalue weighted by atomic mass is 9.80. The van der Waals surface area contributed by atoms with Crippen molar-refractivity contribution in [2.75, 3.05) is 11.9 Å². The lowest BCUT2D eigenvalue weighted by Crippen LogP contribution is -2.36. The fraction of sp³-hybridized carbons (Fsp3) is 0.636. The van der Waals surface area contributed by atoms with Gasteiger partial charge in [0.1, 0.15) is 5.60 Å². The van der Waals surface area contributed by atoms with E-state index in [4.69, 9.17) is 15.0 Å². The van der Waals surface area contributed by atoms with Gasteiger partial charge in [-0.05, 0) is 64.4 Å². The van der Waals surface area contributed by atoms with Crippen molar-refractivity contribution >= 4 is 17.7 Å². The van der Waals surface area contributed by atoms with Crippen LogP contribution < -0.4 is 5.32 Å². The predicted octanol–water partition coefficient (Wildman–Crippen LogP) is 6.45. The van der Waals surface area contributed by atoms with Gasteiger partial charge in [-0.25, -0.2) is 4.79 Å². The summed E-state index contributed by atoms with van der Waals surface area (Å²) in [6.45, 7) is 8.69. The molecule has 1 aromatic rings. The van der Waals surface area contributed by atoms with Crippen molar-refractivity contribution in [2.45, 2.75) is 83.3 Å². The van der Waals surface area contributed by atoms with Gasteiger partial charge in [0.2, 0.25) is 0 Å². The minimum Gasteiger partial charge on any atom is -0.466 e. The van der Waals surface area contributed by atoms with Gasteiger partial charge in [-0.1, -0.05) is 37.2 Å². The van der Waals surface area contributed by atoms with E-state index in [-0.39, 0.29) is 25.9 Å². The normalized spacial score (nSPS) is 12.9. The monoisotopic (exact) mass is 520 g/mol. The molecule has 11 nitrogen and oxygen atoms in total. The van der Waals surface area contributed by atoms with Crippen molar-refractivity contribution in [2.24, 2.45) is 5.11 Å². The summed E-state index contributed by atoms with van der Waals surface area (Å²) < 4.78 is 47.7. The molecule has 1 amide bonds. The van der Waals surface area contributed by atoms with E-state index in [9.17, 15) is 23.2 Å². The van der Waals surface area contributed by atoms with E-state index < -0.39 is 41.5 Å². The van der Waals surface area contributed by atoms with E-state index in [1.807, 2.05) is 0 Å². The number of benzene rings is 1. The van der Waals surface area contributed by atoms with Gasteiger partial charge < -0.3 is 9.47 Å². The molecule has 1 rings (SSSR count). The van der Waals surface area contributed by atoms with Crippen LogP contribution in [0.3, 0.4) is 0 Å². The third kappa shape index (κ3) is 10.3. The van der Waals surface area contributed by atoms with Gasteiger partial charge >= 0.3 is 18.0 Å². The maximum absolute atomic E-state index is 12.5. The third-order valence-electron chi connectivity index (χ3n) is 4.88. The van der Waals surface area contributed by atoms with Crippen molar-refractivity contribution in [3.05, 3.63) is 40.3 Å². The topological polar surface area (TPSA) is 141 Å². The van der Waals surface area contributed by atoms with Crippen LogP contribution in [0.2, 0.25) is 0 Å². The van der Waals surface area contributed by atoms with Crippen LogP contribution >= 0.6 is 0 Å². The summed E-state index contributed by atoms with van der Waals surface area (Å²) in [5, 5.41) is 5.97. The minimum atomic E-state index is -3.32. The first-order chi connectivity index (χ1) is 16.8. The highest BCUT2D eigenvalue weighted by molar-refractivity contribution is 5.86. The Bertz CT molecular complexity index is 909. The number of rotatable bonds is 14. The number of carbonyl (C=O) groups excluding carboxylic acids is 2. The summed E-state index contributed by atoms with van der Waals surface area (Å²) in [5.74, 6) is -3.88. The van der Waals surface area contributed by atoms with E-state index in [0.717, 1.165) is 0 Å². The maximum atomic E-state index is 12.5. The van der Waals surface area contributed by atoms with Gasteiger partial charge in [-0.3, -0.25) is 10.1 Å². The molecule has 36 heavy (non-hydrogen) atoms. The molecular weight excluding hydrogens is 489 g/mol.